The summed E-state index contributed by atoms with van der Waals surface area (Å²) in [5, 5.41) is 2.97. The molecule has 0 bridgehead atoms. The van der Waals surface area contributed by atoms with Crippen molar-refractivity contribution in [3.8, 4) is 11.4 Å². The van der Waals surface area contributed by atoms with Crippen LogP contribution in [-0.4, -0.2) is 27.9 Å². The third kappa shape index (κ3) is 3.43. The summed E-state index contributed by atoms with van der Waals surface area (Å²) in [5.41, 5.74) is 6.29. The first-order valence-corrected chi connectivity index (χ1v) is 10.8. The number of para-hydroxylation sites is 2. The Morgan fingerprint density at radius 2 is 1.81 bits per heavy atom. The molecule has 0 atom stereocenters. The van der Waals surface area contributed by atoms with E-state index in [9.17, 15) is 9.59 Å². The molecule has 32 heavy (non-hydrogen) atoms. The molecule has 5 rings (SSSR count). The van der Waals surface area contributed by atoms with Crippen LogP contribution in [0.1, 0.15) is 29.3 Å². The van der Waals surface area contributed by atoms with Gasteiger partial charge in [0.15, 0.2) is 0 Å². The van der Waals surface area contributed by atoms with Crippen molar-refractivity contribution in [3.05, 3.63) is 77.9 Å². The van der Waals surface area contributed by atoms with Crippen LogP contribution in [0.4, 0.5) is 11.4 Å². The molecule has 1 N–H and O–H groups in total. The van der Waals surface area contributed by atoms with E-state index < -0.39 is 0 Å². The van der Waals surface area contributed by atoms with Crippen molar-refractivity contribution in [2.45, 2.75) is 19.8 Å². The number of nitrogens with one attached hydrogen (secondary N) is 1. The summed E-state index contributed by atoms with van der Waals surface area (Å²) in [6.07, 6.45) is 1.25. The van der Waals surface area contributed by atoms with Crippen molar-refractivity contribution in [1.29, 1.82) is 0 Å². The largest absolute Gasteiger partial charge is 0.327 e. The second kappa shape index (κ2) is 7.96. The average molecular weight is 425 g/mol. The molecule has 2 amide bonds. The maximum Gasteiger partial charge on any atom is 0.255 e. The summed E-state index contributed by atoms with van der Waals surface area (Å²) in [5.74, 6) is 0.832. The standard InChI is InChI=1S/C26H24N4O2/c1-3-24(31)30-15-14-18-16-19(10-13-22(18)30)26(32)27-20-11-8-17(9-12-20)25-28-21-6-4-5-7-23(21)29(25)2/h4-13,16H,3,14-15H2,1-2H3,(H,27,32). The van der Waals surface area contributed by atoms with E-state index in [1.165, 1.54) is 0 Å². The lowest BCUT2D eigenvalue weighted by molar-refractivity contribution is -0.118. The minimum Gasteiger partial charge on any atom is -0.327 e. The number of aryl methyl sites for hydroxylation is 1. The van der Waals surface area contributed by atoms with Gasteiger partial charge in [-0.15, -0.1) is 0 Å². The van der Waals surface area contributed by atoms with Gasteiger partial charge in [0.05, 0.1) is 11.0 Å². The van der Waals surface area contributed by atoms with Crippen molar-refractivity contribution in [3.63, 3.8) is 0 Å². The van der Waals surface area contributed by atoms with Gasteiger partial charge in [-0.3, -0.25) is 9.59 Å². The molecule has 6 nitrogen and oxygen atoms in total. The Balaban J connectivity index is 1.33. The fourth-order valence-corrected chi connectivity index (χ4v) is 4.30. The molecule has 4 aromatic rings. The first-order valence-electron chi connectivity index (χ1n) is 10.8. The van der Waals surface area contributed by atoms with E-state index in [2.05, 4.69) is 16.0 Å². The Bertz CT molecular complexity index is 1340. The van der Waals surface area contributed by atoms with Crippen LogP contribution in [0.25, 0.3) is 22.4 Å². The Morgan fingerprint density at radius 1 is 1.03 bits per heavy atom. The third-order valence-electron chi connectivity index (χ3n) is 6.03. The van der Waals surface area contributed by atoms with Crippen molar-refractivity contribution >= 4 is 34.2 Å². The number of anilines is 2. The molecule has 3 aromatic carbocycles. The van der Waals surface area contributed by atoms with Crippen LogP contribution in [0, 0.1) is 0 Å². The van der Waals surface area contributed by atoms with Crippen LogP contribution < -0.4 is 10.2 Å². The normalized spacial score (nSPS) is 12.8. The average Bonchev–Trinajstić information content (AvgIpc) is 3.40. The second-order valence-corrected chi connectivity index (χ2v) is 8.01. The molecule has 0 saturated heterocycles. The fraction of sp³-hybridized carbons (Fsp3) is 0.192. The summed E-state index contributed by atoms with van der Waals surface area (Å²) in [6.45, 7) is 2.54. The molecule has 1 aliphatic heterocycles. The maximum absolute atomic E-state index is 12.8. The van der Waals surface area contributed by atoms with E-state index >= 15 is 0 Å². The lowest BCUT2D eigenvalue weighted by atomic mass is 10.1. The maximum atomic E-state index is 12.8. The minimum atomic E-state index is -0.163. The quantitative estimate of drug-likeness (QED) is 0.512. The highest BCUT2D eigenvalue weighted by Crippen LogP contribution is 2.30. The molecule has 0 radical (unpaired) electrons. The zero-order valence-corrected chi connectivity index (χ0v) is 18.1. The van der Waals surface area contributed by atoms with E-state index in [4.69, 9.17) is 4.98 Å². The number of carbonyl (C=O) groups is 2. The first-order chi connectivity index (χ1) is 15.5. The number of hydrogen-bond donors (Lipinski definition) is 1. The molecule has 0 aliphatic carbocycles. The van der Waals surface area contributed by atoms with Crippen molar-refractivity contribution in [2.75, 3.05) is 16.8 Å². The van der Waals surface area contributed by atoms with E-state index in [0.29, 0.717) is 18.5 Å². The number of benzene rings is 3. The number of carbonyl (C=O) groups excluding carboxylic acids is 2. The molecule has 0 spiro atoms. The molecule has 6 heteroatoms. The number of imidazole rings is 1. The van der Waals surface area contributed by atoms with Crippen LogP contribution >= 0.6 is 0 Å². The van der Waals surface area contributed by atoms with Crippen LogP contribution in [0.15, 0.2) is 66.7 Å². The number of rotatable bonds is 4. The van der Waals surface area contributed by atoms with Gasteiger partial charge < -0.3 is 14.8 Å². The highest BCUT2D eigenvalue weighted by Gasteiger charge is 2.24. The van der Waals surface area contributed by atoms with Crippen LogP contribution in [0.5, 0.6) is 0 Å². The van der Waals surface area contributed by atoms with Gasteiger partial charge in [0.1, 0.15) is 5.82 Å². The molecule has 0 unspecified atom stereocenters. The monoisotopic (exact) mass is 424 g/mol. The zero-order chi connectivity index (χ0) is 22.2. The summed E-state index contributed by atoms with van der Waals surface area (Å²) in [6, 6.07) is 21.3. The van der Waals surface area contributed by atoms with Gasteiger partial charge in [-0.05, 0) is 66.6 Å². The van der Waals surface area contributed by atoms with Gasteiger partial charge in [-0.1, -0.05) is 19.1 Å². The number of amides is 2. The highest BCUT2D eigenvalue weighted by atomic mass is 16.2. The predicted molar refractivity (Wildman–Crippen MR) is 127 cm³/mol. The van der Waals surface area contributed by atoms with Gasteiger partial charge in [-0.25, -0.2) is 4.98 Å². The lowest BCUT2D eigenvalue weighted by Crippen LogP contribution is -2.27. The highest BCUT2D eigenvalue weighted by molar-refractivity contribution is 6.05. The van der Waals surface area contributed by atoms with E-state index in [-0.39, 0.29) is 11.8 Å². The summed E-state index contributed by atoms with van der Waals surface area (Å²) in [4.78, 5) is 31.4. The summed E-state index contributed by atoms with van der Waals surface area (Å²) in [7, 11) is 2.00. The van der Waals surface area contributed by atoms with Crippen LogP contribution in [-0.2, 0) is 18.3 Å². The zero-order valence-electron chi connectivity index (χ0n) is 18.1. The van der Waals surface area contributed by atoms with Crippen molar-refractivity contribution in [1.82, 2.24) is 9.55 Å². The van der Waals surface area contributed by atoms with Crippen LogP contribution in [0.2, 0.25) is 0 Å². The first kappa shape index (κ1) is 20.0. The Hall–Kier alpha value is -3.93. The number of hydrogen-bond acceptors (Lipinski definition) is 3. The number of fused-ring (bicyclic) bond motifs is 2. The molecule has 2 heterocycles. The minimum absolute atomic E-state index is 0.113. The Morgan fingerprint density at radius 3 is 2.56 bits per heavy atom. The third-order valence-corrected chi connectivity index (χ3v) is 6.03. The van der Waals surface area contributed by atoms with E-state index in [0.717, 1.165) is 45.8 Å². The SMILES string of the molecule is CCC(=O)N1CCc2cc(C(=O)Nc3ccc(-c4nc5ccccc5n4C)cc3)ccc21. The van der Waals surface area contributed by atoms with E-state index in [1.807, 2.05) is 68.6 Å². The molecule has 1 aromatic heterocycles. The van der Waals surface area contributed by atoms with Crippen LogP contribution in [0.3, 0.4) is 0 Å². The Labute approximate surface area is 186 Å². The number of nitrogens with zero attached hydrogens (tertiary/aromatic N) is 3. The van der Waals surface area contributed by atoms with Gasteiger partial charge in [0.2, 0.25) is 5.91 Å². The molecule has 0 fully saturated rings. The Kier molecular flexibility index (Phi) is 4.98. The lowest BCUT2D eigenvalue weighted by Gasteiger charge is -2.16. The molecule has 1 aliphatic rings. The smallest absolute Gasteiger partial charge is 0.255 e. The molecule has 0 saturated carbocycles. The van der Waals surface area contributed by atoms with Gasteiger partial charge in [0, 0.05) is 42.5 Å². The summed E-state index contributed by atoms with van der Waals surface area (Å²) < 4.78 is 2.07. The predicted octanol–water partition coefficient (Wildman–Crippen LogP) is 4.79. The van der Waals surface area contributed by atoms with E-state index in [1.54, 1.807) is 11.0 Å². The van der Waals surface area contributed by atoms with Crippen molar-refractivity contribution < 1.29 is 9.59 Å². The molecule has 160 valence electrons. The number of aromatic nitrogens is 2. The molecular weight excluding hydrogens is 400 g/mol. The van der Waals surface area contributed by atoms with Crippen molar-refractivity contribution in [2.24, 2.45) is 7.05 Å². The van der Waals surface area contributed by atoms with Gasteiger partial charge in [0.25, 0.3) is 5.91 Å². The summed E-state index contributed by atoms with van der Waals surface area (Å²) >= 11 is 0. The van der Waals surface area contributed by atoms with Gasteiger partial charge in [-0.2, -0.15) is 0 Å². The van der Waals surface area contributed by atoms with Gasteiger partial charge >= 0.3 is 0 Å². The molecular formula is C26H24N4O2. The topological polar surface area (TPSA) is 67.2 Å². The second-order valence-electron chi connectivity index (χ2n) is 8.01. The fourth-order valence-electron chi connectivity index (χ4n) is 4.30.